The van der Waals surface area contributed by atoms with Gasteiger partial charge in [0.25, 0.3) is 5.91 Å². The number of hydrazone groups is 1. The molecule has 2 aliphatic heterocycles. The number of nitrogens with one attached hydrogen (secondary N) is 1. The Morgan fingerprint density at radius 1 is 1.06 bits per heavy atom. The van der Waals surface area contributed by atoms with Gasteiger partial charge in [0.05, 0.1) is 6.21 Å². The molecule has 1 N–H and O–H groups in total. The number of aryl methyl sites for hydroxylation is 3. The lowest BCUT2D eigenvalue weighted by Gasteiger charge is -2.26. The number of fused-ring (bicyclic) bond motifs is 1. The number of carbonyl (C=O) groups is 3. The molecule has 8 nitrogen and oxygen atoms in total. The first-order chi connectivity index (χ1) is 14.8. The van der Waals surface area contributed by atoms with E-state index in [1.165, 1.54) is 15.8 Å². The molecule has 2 aromatic rings. The van der Waals surface area contributed by atoms with E-state index < -0.39 is 18.0 Å². The molecule has 0 bridgehead atoms. The van der Waals surface area contributed by atoms with E-state index in [0.29, 0.717) is 17.1 Å². The number of rotatable bonds is 4. The van der Waals surface area contributed by atoms with Crippen molar-refractivity contribution >= 4 is 41.1 Å². The van der Waals surface area contributed by atoms with Gasteiger partial charge in [0.1, 0.15) is 5.69 Å². The van der Waals surface area contributed by atoms with Crippen LogP contribution in [0.5, 0.6) is 0 Å². The van der Waals surface area contributed by atoms with Crippen LogP contribution in [-0.4, -0.2) is 59.0 Å². The van der Waals surface area contributed by atoms with Crippen LogP contribution in [0.3, 0.4) is 0 Å². The minimum atomic E-state index is -0.757. The average molecular weight is 418 g/mol. The highest BCUT2D eigenvalue weighted by molar-refractivity contribution is 6.42. The van der Waals surface area contributed by atoms with Gasteiger partial charge in [-0.2, -0.15) is 14.5 Å². The fraction of sp³-hybridized carbons (Fsp3) is 0.261. The Kier molecular flexibility index (Phi) is 5.14. The quantitative estimate of drug-likeness (QED) is 0.773. The van der Waals surface area contributed by atoms with Gasteiger partial charge >= 0.3 is 11.9 Å². The first-order valence-electron chi connectivity index (χ1n) is 9.99. The Labute approximate surface area is 180 Å². The molecule has 8 heteroatoms. The maximum atomic E-state index is 13.3. The Morgan fingerprint density at radius 3 is 2.42 bits per heavy atom. The standard InChI is InChI=1S/C23H23N5O3/c1-14-5-8-17(9-6-14)28-22(30)21-19(12-24-26(21)4)27(23(28)31)13-20(29)25-18-10-7-15(2)11-16(18)3/h5-12,21H,13H2,1-4H3/p+1. The number of urea groups is 1. The molecule has 31 heavy (non-hydrogen) atoms. The van der Waals surface area contributed by atoms with Crippen LogP contribution in [0.2, 0.25) is 0 Å². The van der Waals surface area contributed by atoms with E-state index in [0.717, 1.165) is 21.6 Å². The van der Waals surface area contributed by atoms with Crippen molar-refractivity contribution in [3.63, 3.8) is 0 Å². The van der Waals surface area contributed by atoms with Crippen LogP contribution in [0.15, 0.2) is 47.6 Å². The largest absolute Gasteiger partial charge is 0.506 e. The van der Waals surface area contributed by atoms with Crippen LogP contribution in [0.4, 0.5) is 16.2 Å². The minimum absolute atomic E-state index is 0.229. The van der Waals surface area contributed by atoms with Crippen LogP contribution in [0.25, 0.3) is 0 Å². The van der Waals surface area contributed by atoms with Crippen LogP contribution in [-0.2, 0) is 9.59 Å². The summed E-state index contributed by atoms with van der Waals surface area (Å²) in [6.45, 7) is 5.59. The van der Waals surface area contributed by atoms with Crippen LogP contribution in [0, 0.1) is 20.8 Å². The van der Waals surface area contributed by atoms with Crippen molar-refractivity contribution in [1.82, 2.24) is 5.01 Å². The summed E-state index contributed by atoms with van der Waals surface area (Å²) in [6.07, 6.45) is 1.47. The first-order valence-corrected chi connectivity index (χ1v) is 9.99. The topological polar surface area (TPSA) is 85.1 Å². The molecule has 1 unspecified atom stereocenters. The monoisotopic (exact) mass is 418 g/mol. The van der Waals surface area contributed by atoms with E-state index in [1.807, 2.05) is 51.1 Å². The fourth-order valence-electron chi connectivity index (χ4n) is 3.81. The van der Waals surface area contributed by atoms with Crippen molar-refractivity contribution in [3.05, 3.63) is 59.2 Å². The second kappa shape index (κ2) is 7.79. The molecular weight excluding hydrogens is 394 g/mol. The fourth-order valence-corrected chi connectivity index (χ4v) is 3.81. The second-order valence-corrected chi connectivity index (χ2v) is 7.89. The number of nitrogens with zero attached hydrogens (tertiary/aromatic N) is 4. The normalized spacial score (nSPS) is 18.0. The Morgan fingerprint density at radius 2 is 1.74 bits per heavy atom. The molecule has 2 aliphatic rings. The molecule has 0 saturated heterocycles. The summed E-state index contributed by atoms with van der Waals surface area (Å²) in [7, 11) is 1.67. The van der Waals surface area contributed by atoms with Crippen molar-refractivity contribution in [2.75, 3.05) is 23.8 Å². The Balaban J connectivity index is 1.66. The summed E-state index contributed by atoms with van der Waals surface area (Å²) in [6, 6.07) is 11.5. The molecule has 158 valence electrons. The molecule has 4 rings (SSSR count). The van der Waals surface area contributed by atoms with E-state index in [2.05, 4.69) is 10.4 Å². The van der Waals surface area contributed by atoms with E-state index >= 15 is 0 Å². The third-order valence-electron chi connectivity index (χ3n) is 5.46. The molecule has 0 aromatic heterocycles. The summed E-state index contributed by atoms with van der Waals surface area (Å²) in [5, 5.41) is 8.53. The highest BCUT2D eigenvalue weighted by atomic mass is 16.2. The highest BCUT2D eigenvalue weighted by Crippen LogP contribution is 2.24. The summed E-state index contributed by atoms with van der Waals surface area (Å²) in [5.41, 5.74) is 4.58. The zero-order valence-electron chi connectivity index (χ0n) is 17.9. The smallest absolute Gasteiger partial charge is 0.322 e. The molecule has 0 radical (unpaired) electrons. The minimum Gasteiger partial charge on any atom is -0.322 e. The molecule has 0 aliphatic carbocycles. The zero-order valence-corrected chi connectivity index (χ0v) is 17.9. The van der Waals surface area contributed by atoms with E-state index in [1.54, 1.807) is 19.2 Å². The van der Waals surface area contributed by atoms with E-state index in [9.17, 15) is 14.4 Å². The van der Waals surface area contributed by atoms with Crippen LogP contribution >= 0.6 is 0 Å². The molecule has 0 saturated carbocycles. The predicted molar refractivity (Wildman–Crippen MR) is 119 cm³/mol. The molecule has 2 heterocycles. The number of imide groups is 1. The van der Waals surface area contributed by atoms with Gasteiger partial charge in [-0.15, -0.1) is 4.90 Å². The average Bonchev–Trinajstić information content (AvgIpc) is 3.10. The number of likely N-dealkylation sites (N-methyl/N-ethyl adjacent to an activating group) is 1. The lowest BCUT2D eigenvalue weighted by Crippen LogP contribution is -2.60. The van der Waals surface area contributed by atoms with Crippen molar-refractivity contribution in [3.8, 4) is 0 Å². The molecular formula is C23H24N5O3+. The molecule has 4 amide bonds. The van der Waals surface area contributed by atoms with Crippen molar-refractivity contribution in [2.24, 2.45) is 5.10 Å². The first kappa shape index (κ1) is 20.5. The van der Waals surface area contributed by atoms with Gasteiger partial charge in [-0.25, -0.2) is 4.79 Å². The maximum absolute atomic E-state index is 13.3. The van der Waals surface area contributed by atoms with Gasteiger partial charge < -0.3 is 5.32 Å². The maximum Gasteiger partial charge on any atom is 0.506 e. The van der Waals surface area contributed by atoms with E-state index in [-0.39, 0.29) is 12.5 Å². The van der Waals surface area contributed by atoms with Crippen molar-refractivity contribution < 1.29 is 19.0 Å². The second-order valence-electron chi connectivity index (χ2n) is 7.89. The van der Waals surface area contributed by atoms with Crippen molar-refractivity contribution in [1.29, 1.82) is 0 Å². The molecule has 1 atom stereocenters. The molecule has 2 aromatic carbocycles. The number of carbonyl (C=O) groups excluding carboxylic acids is 3. The number of anilines is 2. The highest BCUT2D eigenvalue weighted by Gasteiger charge is 2.52. The van der Waals surface area contributed by atoms with Crippen LogP contribution in [0.1, 0.15) is 16.7 Å². The summed E-state index contributed by atoms with van der Waals surface area (Å²) in [4.78, 5) is 40.4. The van der Waals surface area contributed by atoms with Gasteiger partial charge in [-0.05, 0) is 44.5 Å². The Hall–Kier alpha value is -3.81. The molecule has 0 fully saturated rings. The summed E-state index contributed by atoms with van der Waals surface area (Å²) < 4.78 is 1.32. The lowest BCUT2D eigenvalue weighted by molar-refractivity contribution is -0.414. The molecule has 0 spiro atoms. The van der Waals surface area contributed by atoms with Gasteiger partial charge in [0, 0.05) is 12.7 Å². The number of benzene rings is 2. The van der Waals surface area contributed by atoms with Gasteiger partial charge in [0.2, 0.25) is 6.04 Å². The third-order valence-corrected chi connectivity index (χ3v) is 5.46. The van der Waals surface area contributed by atoms with Crippen molar-refractivity contribution in [2.45, 2.75) is 26.8 Å². The van der Waals surface area contributed by atoms with Gasteiger partial charge in [-0.3, -0.25) is 9.80 Å². The number of hydrogen-bond acceptors (Lipinski definition) is 5. The lowest BCUT2D eigenvalue weighted by atomic mass is 10.1. The Bertz CT molecular complexity index is 1150. The summed E-state index contributed by atoms with van der Waals surface area (Å²) in [5.74, 6) is -0.748. The van der Waals surface area contributed by atoms with Gasteiger partial charge in [-0.1, -0.05) is 35.4 Å². The van der Waals surface area contributed by atoms with Gasteiger partial charge in [0.15, 0.2) is 12.3 Å². The van der Waals surface area contributed by atoms with Crippen LogP contribution < -0.4 is 10.2 Å². The third kappa shape index (κ3) is 3.72. The predicted octanol–water partition coefficient (Wildman–Crippen LogP) is 2.47. The SMILES string of the molecule is Cc1ccc(N2C(=O)C3C(=[N+](CC(=O)Nc4ccc(C)cc4C)C2=O)C=NN3C)cc1. The summed E-state index contributed by atoms with van der Waals surface area (Å²) >= 11 is 0. The number of amides is 4. The zero-order chi connectivity index (χ0) is 22.3. The van der Waals surface area contributed by atoms with E-state index in [4.69, 9.17) is 0 Å². The number of hydrogen-bond donors (Lipinski definition) is 1.